The molecular formula is C19H22F3N3O3. The predicted octanol–water partition coefficient (Wildman–Crippen LogP) is 4.18. The molecule has 1 aliphatic rings. The number of ether oxygens (including phenoxy) is 1. The van der Waals surface area contributed by atoms with Crippen molar-refractivity contribution >= 4 is 6.03 Å². The van der Waals surface area contributed by atoms with Gasteiger partial charge in [-0.15, -0.1) is 0 Å². The van der Waals surface area contributed by atoms with Crippen molar-refractivity contribution in [3.8, 4) is 5.75 Å². The van der Waals surface area contributed by atoms with E-state index < -0.39 is 18.2 Å². The van der Waals surface area contributed by atoms with Crippen LogP contribution in [0.4, 0.5) is 18.0 Å². The Morgan fingerprint density at radius 1 is 1.29 bits per heavy atom. The number of amides is 2. The molecule has 0 radical (unpaired) electrons. The molecule has 9 heteroatoms. The Kier molecular flexibility index (Phi) is 5.81. The Bertz CT molecular complexity index is 797. The topological polar surface area (TPSA) is 67.6 Å². The summed E-state index contributed by atoms with van der Waals surface area (Å²) in [6.07, 6.45) is -3.39. The minimum absolute atomic E-state index is 0.0475. The lowest BCUT2D eigenvalue weighted by molar-refractivity contribution is -0.155. The fourth-order valence-electron chi connectivity index (χ4n) is 3.31. The van der Waals surface area contributed by atoms with E-state index in [-0.39, 0.29) is 11.5 Å². The van der Waals surface area contributed by atoms with Gasteiger partial charge in [0.05, 0.1) is 12.8 Å². The summed E-state index contributed by atoms with van der Waals surface area (Å²) in [6, 6.07) is 4.51. The lowest BCUT2D eigenvalue weighted by Crippen LogP contribution is -2.48. The van der Waals surface area contributed by atoms with Crippen LogP contribution >= 0.6 is 0 Å². The molecule has 1 fully saturated rings. The number of benzene rings is 1. The molecule has 1 aromatic carbocycles. The van der Waals surface area contributed by atoms with E-state index in [0.717, 1.165) is 11.5 Å². The van der Waals surface area contributed by atoms with E-state index in [4.69, 9.17) is 9.26 Å². The van der Waals surface area contributed by atoms with E-state index in [0.29, 0.717) is 31.7 Å². The summed E-state index contributed by atoms with van der Waals surface area (Å²) >= 11 is 0. The van der Waals surface area contributed by atoms with Gasteiger partial charge in [-0.25, -0.2) is 4.79 Å². The van der Waals surface area contributed by atoms with Crippen LogP contribution in [0.1, 0.15) is 41.8 Å². The number of piperidine rings is 1. The summed E-state index contributed by atoms with van der Waals surface area (Å²) in [5.74, 6) is 1.31. The highest BCUT2D eigenvalue weighted by Crippen LogP contribution is 2.34. The number of likely N-dealkylation sites (tertiary alicyclic amines) is 1. The van der Waals surface area contributed by atoms with Gasteiger partial charge in [0, 0.05) is 25.1 Å². The van der Waals surface area contributed by atoms with Gasteiger partial charge < -0.3 is 19.5 Å². The van der Waals surface area contributed by atoms with Gasteiger partial charge in [0.2, 0.25) is 0 Å². The molecule has 0 bridgehead atoms. The first-order valence-electron chi connectivity index (χ1n) is 8.97. The summed E-state index contributed by atoms with van der Waals surface area (Å²) in [4.78, 5) is 13.9. The highest BCUT2D eigenvalue weighted by Gasteiger charge is 2.42. The number of halogens is 3. The van der Waals surface area contributed by atoms with Crippen LogP contribution in [0.2, 0.25) is 0 Å². The highest BCUT2D eigenvalue weighted by atomic mass is 19.4. The largest absolute Gasteiger partial charge is 0.497 e. The second-order valence-electron chi connectivity index (χ2n) is 6.83. The van der Waals surface area contributed by atoms with Gasteiger partial charge in [0.25, 0.3) is 0 Å². The van der Waals surface area contributed by atoms with Gasteiger partial charge in [0.15, 0.2) is 6.04 Å². The molecule has 152 valence electrons. The van der Waals surface area contributed by atoms with E-state index in [1.165, 1.54) is 36.3 Å². The summed E-state index contributed by atoms with van der Waals surface area (Å²) in [5, 5.41) is 5.98. The number of urea groups is 1. The second-order valence-corrected chi connectivity index (χ2v) is 6.83. The average Bonchev–Trinajstić information content (AvgIpc) is 3.11. The number of aromatic nitrogens is 1. The van der Waals surface area contributed by atoms with Crippen LogP contribution in [0.15, 0.2) is 34.9 Å². The first-order chi connectivity index (χ1) is 13.3. The molecule has 0 spiro atoms. The summed E-state index contributed by atoms with van der Waals surface area (Å²) in [5.41, 5.74) is 0.733. The van der Waals surface area contributed by atoms with Crippen molar-refractivity contribution in [3.05, 3.63) is 47.3 Å². The van der Waals surface area contributed by atoms with Crippen molar-refractivity contribution < 1.29 is 27.2 Å². The van der Waals surface area contributed by atoms with Crippen molar-refractivity contribution in [2.45, 2.75) is 37.9 Å². The Morgan fingerprint density at radius 3 is 2.43 bits per heavy atom. The zero-order valence-corrected chi connectivity index (χ0v) is 15.6. The number of carbonyl (C=O) groups excluding carboxylic acids is 1. The number of hydrogen-bond acceptors (Lipinski definition) is 4. The fourth-order valence-corrected chi connectivity index (χ4v) is 3.31. The lowest BCUT2D eigenvalue weighted by Gasteiger charge is -2.32. The molecule has 2 heterocycles. The number of hydrogen-bond donors (Lipinski definition) is 1. The predicted molar refractivity (Wildman–Crippen MR) is 95.1 cm³/mol. The third-order valence-electron chi connectivity index (χ3n) is 4.88. The van der Waals surface area contributed by atoms with E-state index >= 15 is 0 Å². The zero-order valence-electron chi connectivity index (χ0n) is 15.6. The van der Waals surface area contributed by atoms with Crippen LogP contribution in [0, 0.1) is 6.92 Å². The second kappa shape index (κ2) is 8.12. The van der Waals surface area contributed by atoms with E-state index in [1.54, 1.807) is 0 Å². The van der Waals surface area contributed by atoms with Gasteiger partial charge in [-0.2, -0.15) is 13.2 Å². The van der Waals surface area contributed by atoms with Crippen LogP contribution in [0.25, 0.3) is 0 Å². The summed E-state index contributed by atoms with van der Waals surface area (Å²) in [6.45, 7) is 2.53. The first kappa shape index (κ1) is 20.0. The molecule has 1 atom stereocenters. The Hall–Kier alpha value is -2.71. The summed E-state index contributed by atoms with van der Waals surface area (Å²) in [7, 11) is 1.43. The number of rotatable bonds is 4. The number of nitrogens with zero attached hydrogens (tertiary/aromatic N) is 2. The molecule has 1 aliphatic heterocycles. The number of aryl methyl sites for hydroxylation is 1. The van der Waals surface area contributed by atoms with Crippen LogP contribution < -0.4 is 10.1 Å². The monoisotopic (exact) mass is 397 g/mol. The van der Waals surface area contributed by atoms with Gasteiger partial charge in [-0.3, -0.25) is 0 Å². The van der Waals surface area contributed by atoms with Crippen LogP contribution in [-0.4, -0.2) is 42.5 Å². The molecule has 2 aromatic rings. The minimum Gasteiger partial charge on any atom is -0.497 e. The normalized spacial score (nSPS) is 16.7. The van der Waals surface area contributed by atoms with Crippen LogP contribution in [0.5, 0.6) is 5.75 Å². The molecule has 1 saturated heterocycles. The smallest absolute Gasteiger partial charge is 0.412 e. The first-order valence-corrected chi connectivity index (χ1v) is 8.97. The minimum atomic E-state index is -4.61. The average molecular weight is 397 g/mol. The molecule has 6 nitrogen and oxygen atoms in total. The van der Waals surface area contributed by atoms with E-state index in [2.05, 4.69) is 10.5 Å². The molecule has 0 aliphatic carbocycles. The number of carbonyl (C=O) groups is 1. The Labute approximate surface area is 160 Å². The molecule has 0 saturated carbocycles. The van der Waals surface area contributed by atoms with E-state index in [9.17, 15) is 18.0 Å². The molecule has 2 amide bonds. The number of methoxy groups -OCH3 is 1. The zero-order chi connectivity index (χ0) is 20.3. The van der Waals surface area contributed by atoms with Gasteiger partial charge in [0.1, 0.15) is 11.5 Å². The van der Waals surface area contributed by atoms with Crippen molar-refractivity contribution in [3.63, 3.8) is 0 Å². The van der Waals surface area contributed by atoms with Crippen LogP contribution in [0.3, 0.4) is 0 Å². The fraction of sp³-hybridized carbons (Fsp3) is 0.474. The Morgan fingerprint density at radius 2 is 1.93 bits per heavy atom. The van der Waals surface area contributed by atoms with Crippen molar-refractivity contribution in [2.75, 3.05) is 20.2 Å². The van der Waals surface area contributed by atoms with Crippen molar-refractivity contribution in [1.82, 2.24) is 15.4 Å². The quantitative estimate of drug-likeness (QED) is 0.840. The third-order valence-corrected chi connectivity index (χ3v) is 4.88. The van der Waals surface area contributed by atoms with Gasteiger partial charge >= 0.3 is 12.2 Å². The molecule has 3 rings (SSSR count). The third kappa shape index (κ3) is 4.58. The van der Waals surface area contributed by atoms with Gasteiger partial charge in [-0.05, 0) is 37.5 Å². The number of alkyl halides is 3. The van der Waals surface area contributed by atoms with E-state index in [1.807, 2.05) is 13.0 Å². The maximum atomic E-state index is 13.5. The molecular weight excluding hydrogens is 375 g/mol. The maximum Gasteiger partial charge on any atom is 0.412 e. The molecule has 1 unspecified atom stereocenters. The molecule has 1 aromatic heterocycles. The maximum absolute atomic E-state index is 13.5. The van der Waals surface area contributed by atoms with Crippen LogP contribution in [-0.2, 0) is 0 Å². The molecule has 28 heavy (non-hydrogen) atoms. The lowest BCUT2D eigenvalue weighted by atomic mass is 9.94. The van der Waals surface area contributed by atoms with Crippen molar-refractivity contribution in [2.24, 2.45) is 0 Å². The Balaban J connectivity index is 1.64. The summed E-state index contributed by atoms with van der Waals surface area (Å²) < 4.78 is 50.8. The standard InChI is InChI=1S/C19H22F3N3O3/c1-12-11-16(28-24-12)13-7-9-25(10-8-13)18(26)23-17(19(20,21)22)14-3-5-15(27-2)6-4-14/h3-6,11,13,17H,7-10H2,1-2H3,(H,23,26). The molecule has 1 N–H and O–H groups in total. The van der Waals surface area contributed by atoms with Gasteiger partial charge in [-0.1, -0.05) is 17.3 Å². The van der Waals surface area contributed by atoms with Crippen molar-refractivity contribution in [1.29, 1.82) is 0 Å². The number of nitrogens with one attached hydrogen (secondary N) is 1. The SMILES string of the molecule is COc1ccc(C(NC(=O)N2CCC(c3cc(C)no3)CC2)C(F)(F)F)cc1. The highest BCUT2D eigenvalue weighted by molar-refractivity contribution is 5.75.